The molecule has 0 spiro atoms. The normalized spacial score (nSPS) is 16.6. The first-order valence-corrected chi connectivity index (χ1v) is 6.99. The van der Waals surface area contributed by atoms with Crippen LogP contribution in [0.15, 0.2) is 4.52 Å². The fourth-order valence-electron chi connectivity index (χ4n) is 2.42. The van der Waals surface area contributed by atoms with Crippen LogP contribution in [0.1, 0.15) is 57.7 Å². The van der Waals surface area contributed by atoms with Crippen molar-refractivity contribution < 1.29 is 9.32 Å². The number of Topliss-reactive ketones (excluding diaryl/α,β-unsaturated/α-hetero) is 1. The second kappa shape index (κ2) is 6.12. The summed E-state index contributed by atoms with van der Waals surface area (Å²) in [5.41, 5.74) is 0. The van der Waals surface area contributed by atoms with Crippen LogP contribution in [0, 0.1) is 11.8 Å². The predicted octanol–water partition coefficient (Wildman–Crippen LogP) is 2.96. The second-order valence-corrected chi connectivity index (χ2v) is 5.66. The van der Waals surface area contributed by atoms with Gasteiger partial charge in [-0.3, -0.25) is 4.79 Å². The van der Waals surface area contributed by atoms with Crippen LogP contribution in [0.3, 0.4) is 0 Å². The number of nitrogens with zero attached hydrogens (tertiary/aromatic N) is 2. The second-order valence-electron chi connectivity index (χ2n) is 5.66. The minimum atomic E-state index is 0.232. The SMILES string of the molecule is CC(C)CCc1noc(CC(=O)C2CCCC2)n1. The fraction of sp³-hybridized carbons (Fsp3) is 0.786. The van der Waals surface area contributed by atoms with Gasteiger partial charge in [0.2, 0.25) is 5.89 Å². The van der Waals surface area contributed by atoms with Crippen LogP contribution in [0.25, 0.3) is 0 Å². The van der Waals surface area contributed by atoms with Crippen molar-refractivity contribution in [1.29, 1.82) is 0 Å². The van der Waals surface area contributed by atoms with E-state index in [1.165, 1.54) is 12.8 Å². The molecular weight excluding hydrogens is 228 g/mol. The molecule has 0 bridgehead atoms. The van der Waals surface area contributed by atoms with E-state index < -0.39 is 0 Å². The van der Waals surface area contributed by atoms with E-state index in [9.17, 15) is 4.79 Å². The molecule has 1 aliphatic rings. The topological polar surface area (TPSA) is 56.0 Å². The molecule has 1 aromatic heterocycles. The smallest absolute Gasteiger partial charge is 0.234 e. The molecule has 2 rings (SSSR count). The monoisotopic (exact) mass is 250 g/mol. The zero-order chi connectivity index (χ0) is 13.0. The van der Waals surface area contributed by atoms with Gasteiger partial charge >= 0.3 is 0 Å². The van der Waals surface area contributed by atoms with Gasteiger partial charge in [-0.05, 0) is 25.2 Å². The first-order valence-electron chi connectivity index (χ1n) is 6.99. The minimum Gasteiger partial charge on any atom is -0.339 e. The quantitative estimate of drug-likeness (QED) is 0.779. The summed E-state index contributed by atoms with van der Waals surface area (Å²) in [6.07, 6.45) is 6.63. The first-order chi connectivity index (χ1) is 8.65. The fourth-order valence-corrected chi connectivity index (χ4v) is 2.42. The molecule has 0 aromatic carbocycles. The van der Waals surface area contributed by atoms with Gasteiger partial charge in [0.05, 0.1) is 6.42 Å². The molecule has 0 radical (unpaired) electrons. The van der Waals surface area contributed by atoms with Crippen LogP contribution >= 0.6 is 0 Å². The van der Waals surface area contributed by atoms with Crippen molar-refractivity contribution in [2.24, 2.45) is 11.8 Å². The third-order valence-electron chi connectivity index (χ3n) is 3.59. The highest BCUT2D eigenvalue weighted by molar-refractivity contribution is 5.82. The lowest BCUT2D eigenvalue weighted by Gasteiger charge is -2.04. The molecule has 18 heavy (non-hydrogen) atoms. The van der Waals surface area contributed by atoms with Gasteiger partial charge in [0, 0.05) is 12.3 Å². The molecule has 100 valence electrons. The van der Waals surface area contributed by atoms with Gasteiger partial charge in [0.25, 0.3) is 0 Å². The van der Waals surface area contributed by atoms with Gasteiger partial charge in [0.1, 0.15) is 5.78 Å². The Hall–Kier alpha value is -1.19. The van der Waals surface area contributed by atoms with Gasteiger partial charge in [-0.1, -0.05) is 31.8 Å². The summed E-state index contributed by atoms with van der Waals surface area (Å²) in [6, 6.07) is 0. The molecule has 0 N–H and O–H groups in total. The Morgan fingerprint density at radius 3 is 2.78 bits per heavy atom. The van der Waals surface area contributed by atoms with Crippen molar-refractivity contribution in [1.82, 2.24) is 10.1 Å². The van der Waals surface area contributed by atoms with E-state index >= 15 is 0 Å². The number of aryl methyl sites for hydroxylation is 1. The molecule has 1 aromatic rings. The van der Waals surface area contributed by atoms with E-state index in [1.54, 1.807) is 0 Å². The zero-order valence-electron chi connectivity index (χ0n) is 11.3. The number of hydrogen-bond acceptors (Lipinski definition) is 4. The average molecular weight is 250 g/mol. The number of hydrogen-bond donors (Lipinski definition) is 0. The third-order valence-corrected chi connectivity index (χ3v) is 3.59. The highest BCUT2D eigenvalue weighted by Crippen LogP contribution is 2.26. The van der Waals surface area contributed by atoms with Crippen LogP contribution in [-0.4, -0.2) is 15.9 Å². The molecule has 0 saturated heterocycles. The van der Waals surface area contributed by atoms with Gasteiger partial charge in [0.15, 0.2) is 5.82 Å². The molecule has 1 saturated carbocycles. The molecule has 4 nitrogen and oxygen atoms in total. The summed E-state index contributed by atoms with van der Waals surface area (Å²) in [5.74, 6) is 2.36. The molecule has 0 atom stereocenters. The van der Waals surface area contributed by atoms with Crippen molar-refractivity contribution in [2.45, 2.75) is 58.8 Å². The lowest BCUT2D eigenvalue weighted by atomic mass is 10.0. The molecular formula is C14H22N2O2. The van der Waals surface area contributed by atoms with E-state index in [0.29, 0.717) is 18.2 Å². The number of carbonyl (C=O) groups is 1. The van der Waals surface area contributed by atoms with Crippen molar-refractivity contribution in [2.75, 3.05) is 0 Å². The maximum Gasteiger partial charge on any atom is 0.234 e. The van der Waals surface area contributed by atoms with E-state index in [2.05, 4.69) is 24.0 Å². The van der Waals surface area contributed by atoms with Gasteiger partial charge < -0.3 is 4.52 Å². The molecule has 0 amide bonds. The van der Waals surface area contributed by atoms with E-state index in [0.717, 1.165) is 31.5 Å². The van der Waals surface area contributed by atoms with Gasteiger partial charge in [-0.15, -0.1) is 0 Å². The Bertz CT molecular complexity index is 392. The third kappa shape index (κ3) is 3.65. The summed E-state index contributed by atoms with van der Waals surface area (Å²) in [5, 5.41) is 3.93. The van der Waals surface area contributed by atoms with Crippen molar-refractivity contribution >= 4 is 5.78 Å². The summed E-state index contributed by atoms with van der Waals surface area (Å²) in [6.45, 7) is 4.34. The number of ketones is 1. The minimum absolute atomic E-state index is 0.232. The van der Waals surface area contributed by atoms with Crippen LogP contribution in [0.2, 0.25) is 0 Å². The maximum atomic E-state index is 12.0. The van der Waals surface area contributed by atoms with Crippen LogP contribution in [-0.2, 0) is 17.6 Å². The van der Waals surface area contributed by atoms with Gasteiger partial charge in [-0.25, -0.2) is 0 Å². The van der Waals surface area contributed by atoms with Crippen molar-refractivity contribution in [3.05, 3.63) is 11.7 Å². The van der Waals surface area contributed by atoms with Crippen LogP contribution in [0.4, 0.5) is 0 Å². The molecule has 0 aliphatic heterocycles. The largest absolute Gasteiger partial charge is 0.339 e. The van der Waals surface area contributed by atoms with Crippen LogP contribution in [0.5, 0.6) is 0 Å². The Morgan fingerprint density at radius 1 is 1.39 bits per heavy atom. The Labute approximate surface area is 108 Å². The average Bonchev–Trinajstić information content (AvgIpc) is 2.97. The highest BCUT2D eigenvalue weighted by atomic mass is 16.5. The summed E-state index contributed by atoms with van der Waals surface area (Å²) in [7, 11) is 0. The Morgan fingerprint density at radius 2 is 2.11 bits per heavy atom. The Balaban J connectivity index is 1.84. The Kier molecular flexibility index (Phi) is 4.50. The summed E-state index contributed by atoms with van der Waals surface area (Å²) < 4.78 is 5.15. The lowest BCUT2D eigenvalue weighted by Crippen LogP contribution is -2.13. The van der Waals surface area contributed by atoms with E-state index in [-0.39, 0.29) is 11.7 Å². The molecule has 4 heteroatoms. The zero-order valence-corrected chi connectivity index (χ0v) is 11.3. The number of carbonyl (C=O) groups excluding carboxylic acids is 1. The predicted molar refractivity (Wildman–Crippen MR) is 68.1 cm³/mol. The van der Waals surface area contributed by atoms with Gasteiger partial charge in [-0.2, -0.15) is 4.98 Å². The molecule has 0 unspecified atom stereocenters. The molecule has 1 fully saturated rings. The van der Waals surface area contributed by atoms with Crippen molar-refractivity contribution in [3.63, 3.8) is 0 Å². The highest BCUT2D eigenvalue weighted by Gasteiger charge is 2.24. The first kappa shape index (κ1) is 13.2. The number of rotatable bonds is 6. The standard InChI is InChI=1S/C14H22N2O2/c1-10(2)7-8-13-15-14(18-16-13)9-12(17)11-5-3-4-6-11/h10-11H,3-9H2,1-2H3. The lowest BCUT2D eigenvalue weighted by molar-refractivity contribution is -0.122. The molecule has 1 aliphatic carbocycles. The van der Waals surface area contributed by atoms with E-state index in [1.807, 2.05) is 0 Å². The maximum absolute atomic E-state index is 12.0. The summed E-state index contributed by atoms with van der Waals surface area (Å²) in [4.78, 5) is 16.3. The summed E-state index contributed by atoms with van der Waals surface area (Å²) >= 11 is 0. The number of aromatic nitrogens is 2. The molecule has 1 heterocycles. The van der Waals surface area contributed by atoms with E-state index in [4.69, 9.17) is 4.52 Å². The van der Waals surface area contributed by atoms with Crippen molar-refractivity contribution in [3.8, 4) is 0 Å². The van der Waals surface area contributed by atoms with Crippen LogP contribution < -0.4 is 0 Å².